The summed E-state index contributed by atoms with van der Waals surface area (Å²) < 4.78 is 27.4. The number of anilines is 1. The second-order valence-electron chi connectivity index (χ2n) is 4.55. The Bertz CT molecular complexity index is 714. The minimum Gasteiger partial charge on any atom is -0.386 e. The highest BCUT2D eigenvalue weighted by atomic mass is 32.2. The van der Waals surface area contributed by atoms with Crippen LogP contribution < -0.4 is 10.0 Å². The van der Waals surface area contributed by atoms with Crippen molar-refractivity contribution in [3.05, 3.63) is 53.7 Å². The summed E-state index contributed by atoms with van der Waals surface area (Å²) in [6.07, 6.45) is 2.33. The molecule has 0 aliphatic carbocycles. The number of aryl methyl sites for hydroxylation is 1. The minimum absolute atomic E-state index is 0.0153. The molecule has 1 aromatic carbocycles. The van der Waals surface area contributed by atoms with E-state index in [-0.39, 0.29) is 11.6 Å². The van der Waals surface area contributed by atoms with Crippen LogP contribution in [0.1, 0.15) is 18.1 Å². The first-order valence-corrected chi connectivity index (χ1v) is 8.26. The summed E-state index contributed by atoms with van der Waals surface area (Å²) in [7, 11) is -1.98. The first-order valence-electron chi connectivity index (χ1n) is 6.77. The number of hydrogen-bond acceptors (Lipinski definition) is 4. The van der Waals surface area contributed by atoms with Gasteiger partial charge in [0, 0.05) is 19.8 Å². The Balaban J connectivity index is 2.22. The van der Waals surface area contributed by atoms with Gasteiger partial charge in [-0.2, -0.15) is 0 Å². The van der Waals surface area contributed by atoms with E-state index >= 15 is 0 Å². The Morgan fingerprint density at radius 3 is 2.48 bits per heavy atom. The molecule has 2 aromatic rings. The minimum atomic E-state index is -3.65. The Labute approximate surface area is 125 Å². The molecule has 1 aromatic heterocycles. The highest BCUT2D eigenvalue weighted by Crippen LogP contribution is 2.18. The van der Waals surface area contributed by atoms with Crippen LogP contribution >= 0.6 is 0 Å². The summed E-state index contributed by atoms with van der Waals surface area (Å²) in [5, 5.41) is 2.86. The van der Waals surface area contributed by atoms with Crippen molar-refractivity contribution in [3.63, 3.8) is 0 Å². The number of nitrogens with zero attached hydrogens (tertiary/aromatic N) is 1. The van der Waals surface area contributed by atoms with Crippen molar-refractivity contribution >= 4 is 15.7 Å². The van der Waals surface area contributed by atoms with Crippen LogP contribution in [0, 0.1) is 0 Å². The summed E-state index contributed by atoms with van der Waals surface area (Å²) in [6.45, 7) is 2.30. The topological polar surface area (TPSA) is 71.1 Å². The van der Waals surface area contributed by atoms with Crippen molar-refractivity contribution in [3.8, 4) is 0 Å². The van der Waals surface area contributed by atoms with E-state index < -0.39 is 10.0 Å². The van der Waals surface area contributed by atoms with Gasteiger partial charge in [0.2, 0.25) is 0 Å². The van der Waals surface area contributed by atoms with Crippen molar-refractivity contribution in [1.29, 1.82) is 0 Å². The van der Waals surface area contributed by atoms with Crippen molar-refractivity contribution < 1.29 is 8.42 Å². The van der Waals surface area contributed by atoms with Crippen LogP contribution in [0.3, 0.4) is 0 Å². The molecule has 112 valence electrons. The fourth-order valence-electron chi connectivity index (χ4n) is 2.11. The molecule has 5 nitrogen and oxygen atoms in total. The quantitative estimate of drug-likeness (QED) is 0.858. The first-order chi connectivity index (χ1) is 10.1. The molecule has 0 saturated carbocycles. The van der Waals surface area contributed by atoms with E-state index in [0.717, 1.165) is 17.5 Å². The molecule has 0 saturated heterocycles. The van der Waals surface area contributed by atoms with Gasteiger partial charge in [0.1, 0.15) is 0 Å². The van der Waals surface area contributed by atoms with Gasteiger partial charge in [-0.3, -0.25) is 0 Å². The number of benzene rings is 1. The molecule has 6 heteroatoms. The fourth-order valence-corrected chi connectivity index (χ4v) is 3.25. The predicted molar refractivity (Wildman–Crippen MR) is 83.6 cm³/mol. The van der Waals surface area contributed by atoms with Crippen molar-refractivity contribution in [2.45, 2.75) is 24.9 Å². The van der Waals surface area contributed by atoms with Crippen LogP contribution in [0.2, 0.25) is 0 Å². The number of pyridine rings is 1. The molecular formula is C15H19N3O2S. The number of nitrogens with one attached hydrogen (secondary N) is 2. The van der Waals surface area contributed by atoms with Gasteiger partial charge >= 0.3 is 0 Å². The third kappa shape index (κ3) is 3.59. The maximum Gasteiger partial charge on any atom is 0.260 e. The maximum atomic E-state index is 12.4. The van der Waals surface area contributed by atoms with Gasteiger partial charge in [-0.05, 0) is 29.7 Å². The van der Waals surface area contributed by atoms with Crippen LogP contribution in [0.25, 0.3) is 0 Å². The summed E-state index contributed by atoms with van der Waals surface area (Å²) in [5.74, 6) is 0. The smallest absolute Gasteiger partial charge is 0.260 e. The normalized spacial score (nSPS) is 11.3. The third-order valence-corrected chi connectivity index (χ3v) is 4.61. The second kappa shape index (κ2) is 6.69. The highest BCUT2D eigenvalue weighted by molar-refractivity contribution is 7.89. The first kappa shape index (κ1) is 15.5. The summed E-state index contributed by atoms with van der Waals surface area (Å²) >= 11 is 0. The molecular weight excluding hydrogens is 286 g/mol. The zero-order valence-corrected chi connectivity index (χ0v) is 12.9. The summed E-state index contributed by atoms with van der Waals surface area (Å²) in [5.41, 5.74) is 2.59. The summed E-state index contributed by atoms with van der Waals surface area (Å²) in [6, 6.07) is 11.2. The van der Waals surface area contributed by atoms with Crippen LogP contribution in [0.4, 0.5) is 5.69 Å². The van der Waals surface area contributed by atoms with E-state index in [4.69, 9.17) is 0 Å². The average molecular weight is 305 g/mol. The third-order valence-electron chi connectivity index (χ3n) is 3.25. The zero-order valence-electron chi connectivity index (χ0n) is 12.1. The monoisotopic (exact) mass is 305 g/mol. The second-order valence-corrected chi connectivity index (χ2v) is 6.24. The molecule has 0 spiro atoms. The van der Waals surface area contributed by atoms with Crippen LogP contribution in [-0.4, -0.2) is 20.4 Å². The van der Waals surface area contributed by atoms with E-state index in [1.807, 2.05) is 31.2 Å². The lowest BCUT2D eigenvalue weighted by molar-refractivity contribution is 0.577. The molecule has 2 N–H and O–H groups in total. The lowest BCUT2D eigenvalue weighted by Gasteiger charge is -2.11. The van der Waals surface area contributed by atoms with Crippen LogP contribution in [0.15, 0.2) is 47.6 Å². The van der Waals surface area contributed by atoms with Crippen LogP contribution in [0.5, 0.6) is 0 Å². The Morgan fingerprint density at radius 1 is 1.10 bits per heavy atom. The van der Waals surface area contributed by atoms with Crippen LogP contribution in [-0.2, 0) is 23.0 Å². The fraction of sp³-hybridized carbons (Fsp3) is 0.267. The van der Waals surface area contributed by atoms with Gasteiger partial charge in [-0.25, -0.2) is 18.1 Å². The molecule has 2 rings (SSSR count). The van der Waals surface area contributed by atoms with E-state index in [2.05, 4.69) is 15.0 Å². The van der Waals surface area contributed by atoms with Crippen molar-refractivity contribution in [2.24, 2.45) is 0 Å². The Kier molecular flexibility index (Phi) is 4.93. The van der Waals surface area contributed by atoms with E-state index in [0.29, 0.717) is 5.69 Å². The average Bonchev–Trinajstić information content (AvgIpc) is 2.53. The molecule has 0 aliphatic rings. The van der Waals surface area contributed by atoms with Crippen molar-refractivity contribution in [2.75, 3.05) is 12.4 Å². The largest absolute Gasteiger partial charge is 0.386 e. The molecule has 0 atom stereocenters. The van der Waals surface area contributed by atoms with E-state index in [1.165, 1.54) is 6.20 Å². The molecule has 0 aliphatic heterocycles. The number of sulfonamides is 1. The molecule has 1 heterocycles. The highest BCUT2D eigenvalue weighted by Gasteiger charge is 2.19. The van der Waals surface area contributed by atoms with Gasteiger partial charge < -0.3 is 5.32 Å². The van der Waals surface area contributed by atoms with Gasteiger partial charge in [0.15, 0.2) is 5.03 Å². The van der Waals surface area contributed by atoms with Gasteiger partial charge in [-0.15, -0.1) is 0 Å². The van der Waals surface area contributed by atoms with Gasteiger partial charge in [-0.1, -0.05) is 31.2 Å². The maximum absolute atomic E-state index is 12.4. The SMILES string of the molecule is CCc1ccccc1CNS(=O)(=O)c1ncccc1NC. The number of hydrogen-bond donors (Lipinski definition) is 2. The van der Waals surface area contributed by atoms with Crippen molar-refractivity contribution in [1.82, 2.24) is 9.71 Å². The van der Waals surface area contributed by atoms with Gasteiger partial charge in [0.25, 0.3) is 10.0 Å². The molecule has 0 radical (unpaired) electrons. The van der Waals surface area contributed by atoms with Gasteiger partial charge in [0.05, 0.1) is 5.69 Å². The molecule has 21 heavy (non-hydrogen) atoms. The Morgan fingerprint density at radius 2 is 1.81 bits per heavy atom. The molecule has 0 unspecified atom stereocenters. The number of aromatic nitrogens is 1. The number of rotatable bonds is 6. The van der Waals surface area contributed by atoms with E-state index in [9.17, 15) is 8.42 Å². The lowest BCUT2D eigenvalue weighted by atomic mass is 10.1. The standard InChI is InChI=1S/C15H19N3O2S/c1-3-12-7-4-5-8-13(12)11-18-21(19,20)15-14(16-2)9-6-10-17-15/h4-10,16,18H,3,11H2,1-2H3. The van der Waals surface area contributed by atoms with E-state index in [1.54, 1.807) is 19.2 Å². The summed E-state index contributed by atoms with van der Waals surface area (Å²) in [4.78, 5) is 3.96. The molecule has 0 bridgehead atoms. The molecule has 0 amide bonds. The zero-order chi connectivity index (χ0) is 15.3. The lowest BCUT2D eigenvalue weighted by Crippen LogP contribution is -2.25. The predicted octanol–water partition coefficient (Wildman–Crippen LogP) is 2.16. The Hall–Kier alpha value is -1.92. The molecule has 0 fully saturated rings.